The van der Waals surface area contributed by atoms with E-state index < -0.39 is 24.3 Å². The first-order valence-electron chi connectivity index (χ1n) is 18.0. The molecule has 1 saturated heterocycles. The highest BCUT2D eigenvalue weighted by atomic mass is 16.3. The minimum atomic E-state index is -1.26. The lowest BCUT2D eigenvalue weighted by molar-refractivity contribution is -0.0408. The monoisotopic (exact) mass is 700 g/mol. The number of nitrogens with one attached hydrogen (secondary N) is 2. The van der Waals surface area contributed by atoms with Gasteiger partial charge in [-0.1, -0.05) is 88.4 Å². The third-order valence-corrected chi connectivity index (χ3v) is 10.6. The lowest BCUT2D eigenvalue weighted by atomic mass is 9.90. The fraction of sp³-hybridized carbons (Fsp3) is 0.341. The van der Waals surface area contributed by atoms with Gasteiger partial charge in [-0.15, -0.1) is 0 Å². The number of urea groups is 1. The fourth-order valence-corrected chi connectivity index (χ4v) is 7.42. The summed E-state index contributed by atoms with van der Waals surface area (Å²) in [6.45, 7) is 8.94. The maximum absolute atomic E-state index is 15.2. The van der Waals surface area contributed by atoms with Gasteiger partial charge in [-0.2, -0.15) is 10.2 Å². The molecule has 2 aromatic heterocycles. The molecule has 1 aliphatic rings. The van der Waals surface area contributed by atoms with Crippen LogP contribution >= 0.6 is 0 Å². The summed E-state index contributed by atoms with van der Waals surface area (Å²) < 4.78 is 0. The first-order chi connectivity index (χ1) is 25.0. The van der Waals surface area contributed by atoms with Gasteiger partial charge in [-0.05, 0) is 82.3 Å². The highest BCUT2D eigenvalue weighted by molar-refractivity contribution is 5.90. The summed E-state index contributed by atoms with van der Waals surface area (Å²) in [6.07, 6.45) is -1.82. The van der Waals surface area contributed by atoms with Crippen LogP contribution < -0.4 is 11.5 Å². The SMILES string of the molecule is CC(C)c1ccc(C[C@@H]2[C@H](O)[C@@H](O)[C@@H](Cc3ccc(C(C)C)cc3)N(Cc3ccc4[nH]nc(N)c4c3)C(=O)N2Cc2ccc3[nH]nc(N)c3c2)cc1. The third kappa shape index (κ3) is 6.93. The molecular weight excluding hydrogens is 653 g/mol. The number of carbonyl (C=O) groups is 1. The summed E-state index contributed by atoms with van der Waals surface area (Å²) >= 11 is 0. The zero-order chi connectivity index (χ0) is 36.7. The number of fused-ring (bicyclic) bond motifs is 2. The van der Waals surface area contributed by atoms with Crippen molar-refractivity contribution in [1.29, 1.82) is 0 Å². The molecule has 0 unspecified atom stereocenters. The molecule has 7 rings (SSSR count). The van der Waals surface area contributed by atoms with Crippen molar-refractivity contribution in [1.82, 2.24) is 30.2 Å². The number of anilines is 2. The van der Waals surface area contributed by atoms with Crippen molar-refractivity contribution >= 4 is 39.5 Å². The summed E-state index contributed by atoms with van der Waals surface area (Å²) in [7, 11) is 0. The topological polar surface area (TPSA) is 173 Å². The zero-order valence-electron chi connectivity index (χ0n) is 30.1. The van der Waals surface area contributed by atoms with Crippen LogP contribution in [0.25, 0.3) is 21.8 Å². The van der Waals surface area contributed by atoms with Crippen LogP contribution in [0.5, 0.6) is 0 Å². The van der Waals surface area contributed by atoms with Gasteiger partial charge >= 0.3 is 6.03 Å². The molecule has 6 aromatic rings. The number of H-pyrrole nitrogens is 2. The van der Waals surface area contributed by atoms with Gasteiger partial charge in [0.1, 0.15) is 12.2 Å². The molecule has 2 amide bonds. The lowest BCUT2D eigenvalue weighted by Gasteiger charge is -2.36. The van der Waals surface area contributed by atoms with Crippen LogP contribution in [-0.2, 0) is 25.9 Å². The van der Waals surface area contributed by atoms with Crippen LogP contribution in [0.1, 0.15) is 72.9 Å². The van der Waals surface area contributed by atoms with E-state index in [-0.39, 0.29) is 19.1 Å². The molecule has 1 aliphatic heterocycles. The van der Waals surface area contributed by atoms with Crippen LogP contribution in [0.3, 0.4) is 0 Å². The molecule has 3 heterocycles. The van der Waals surface area contributed by atoms with Gasteiger partial charge in [0.05, 0.1) is 23.1 Å². The van der Waals surface area contributed by atoms with Crippen molar-refractivity contribution in [2.45, 2.75) is 89.8 Å². The number of aliphatic hydroxyl groups excluding tert-OH is 2. The second-order valence-electron chi connectivity index (χ2n) is 14.8. The number of benzene rings is 4. The number of nitrogens with zero attached hydrogens (tertiary/aromatic N) is 4. The van der Waals surface area contributed by atoms with E-state index in [0.717, 1.165) is 44.1 Å². The number of nitrogens with two attached hydrogens (primary N) is 2. The molecule has 0 radical (unpaired) electrons. The Bertz CT molecular complexity index is 2020. The van der Waals surface area contributed by atoms with E-state index in [9.17, 15) is 10.2 Å². The van der Waals surface area contributed by atoms with Gasteiger partial charge in [0, 0.05) is 23.9 Å². The first kappa shape index (κ1) is 35.0. The molecule has 52 heavy (non-hydrogen) atoms. The Labute approximate surface area is 303 Å². The number of aromatic amines is 2. The molecule has 4 aromatic carbocycles. The summed E-state index contributed by atoms with van der Waals surface area (Å²) in [5.74, 6) is 1.47. The second-order valence-corrected chi connectivity index (χ2v) is 14.8. The smallest absolute Gasteiger partial charge is 0.321 e. The van der Waals surface area contributed by atoms with E-state index in [2.05, 4.69) is 96.6 Å². The van der Waals surface area contributed by atoms with E-state index in [1.165, 1.54) is 11.1 Å². The number of aromatic nitrogens is 4. The van der Waals surface area contributed by atoms with E-state index in [0.29, 0.717) is 36.3 Å². The molecule has 1 fully saturated rings. The predicted octanol–water partition coefficient (Wildman–Crippen LogP) is 6.23. The molecule has 0 aliphatic carbocycles. The minimum absolute atomic E-state index is 0.179. The molecule has 4 atom stereocenters. The normalized spacial score (nSPS) is 19.7. The molecule has 0 saturated carbocycles. The Balaban J connectivity index is 1.32. The Morgan fingerprint density at radius 1 is 0.615 bits per heavy atom. The summed E-state index contributed by atoms with van der Waals surface area (Å²) in [4.78, 5) is 18.7. The van der Waals surface area contributed by atoms with Crippen molar-refractivity contribution in [3.8, 4) is 0 Å². The quantitative estimate of drug-likeness (QED) is 0.0982. The molecule has 0 spiro atoms. The Morgan fingerprint density at radius 2 is 0.981 bits per heavy atom. The Hall–Kier alpha value is -5.39. The van der Waals surface area contributed by atoms with Crippen LogP contribution in [0, 0.1) is 0 Å². The Kier molecular flexibility index (Phi) is 9.65. The average molecular weight is 701 g/mol. The van der Waals surface area contributed by atoms with Crippen molar-refractivity contribution in [2.75, 3.05) is 11.5 Å². The summed E-state index contributed by atoms with van der Waals surface area (Å²) in [6, 6.07) is 26.3. The van der Waals surface area contributed by atoms with Gasteiger partial charge in [-0.3, -0.25) is 10.2 Å². The van der Waals surface area contributed by atoms with E-state index in [1.54, 1.807) is 9.80 Å². The van der Waals surface area contributed by atoms with Crippen molar-refractivity contribution < 1.29 is 15.0 Å². The van der Waals surface area contributed by atoms with Crippen LogP contribution in [0.2, 0.25) is 0 Å². The Morgan fingerprint density at radius 3 is 1.35 bits per heavy atom. The predicted molar refractivity (Wildman–Crippen MR) is 206 cm³/mol. The second kappa shape index (κ2) is 14.3. The van der Waals surface area contributed by atoms with E-state index in [1.807, 2.05) is 36.4 Å². The van der Waals surface area contributed by atoms with Crippen LogP contribution in [0.15, 0.2) is 84.9 Å². The molecular formula is C41H48N8O3. The van der Waals surface area contributed by atoms with Crippen LogP contribution in [-0.4, -0.2) is 70.7 Å². The number of rotatable bonds is 10. The third-order valence-electron chi connectivity index (χ3n) is 10.6. The molecule has 270 valence electrons. The lowest BCUT2D eigenvalue weighted by Crippen LogP contribution is -2.50. The minimum Gasteiger partial charge on any atom is -0.388 e. The average Bonchev–Trinajstić information content (AvgIpc) is 3.69. The van der Waals surface area contributed by atoms with Crippen molar-refractivity contribution in [3.05, 3.63) is 118 Å². The summed E-state index contributed by atoms with van der Waals surface area (Å²) in [5.41, 5.74) is 19.9. The number of carbonyl (C=O) groups excluding carboxylic acids is 1. The van der Waals surface area contributed by atoms with Gasteiger partial charge < -0.3 is 31.5 Å². The van der Waals surface area contributed by atoms with Crippen molar-refractivity contribution in [2.24, 2.45) is 0 Å². The van der Waals surface area contributed by atoms with Crippen molar-refractivity contribution in [3.63, 3.8) is 0 Å². The number of amides is 2. The summed E-state index contributed by atoms with van der Waals surface area (Å²) in [5, 5.41) is 40.2. The maximum atomic E-state index is 15.2. The first-order valence-corrected chi connectivity index (χ1v) is 18.0. The fourth-order valence-electron chi connectivity index (χ4n) is 7.42. The van der Waals surface area contributed by atoms with Gasteiger partial charge in [0.15, 0.2) is 11.6 Å². The zero-order valence-corrected chi connectivity index (χ0v) is 30.1. The number of hydrogen-bond acceptors (Lipinski definition) is 7. The van der Waals surface area contributed by atoms with Gasteiger partial charge in [0.2, 0.25) is 0 Å². The van der Waals surface area contributed by atoms with Gasteiger partial charge in [-0.25, -0.2) is 4.79 Å². The highest BCUT2D eigenvalue weighted by Crippen LogP contribution is 2.32. The highest BCUT2D eigenvalue weighted by Gasteiger charge is 2.46. The molecule has 11 heteroatoms. The standard InChI is InChI=1S/C41H48N8O3/c1-23(2)29-11-5-25(6-12-29)19-35-37(50)38(51)36(20-26-7-13-30(14-8-26)24(3)4)49(22-28-10-16-34-32(18-28)40(43)47-45-34)41(52)48(35)21-27-9-15-33-31(17-27)39(42)46-44-33/h5-18,23-24,35-38,50-51H,19-22H2,1-4H3,(H3,42,44,46)(H3,43,45,47)/t35-,36-,37+,38+/m1/s1. The van der Waals surface area contributed by atoms with E-state index in [4.69, 9.17) is 11.5 Å². The largest absolute Gasteiger partial charge is 0.388 e. The molecule has 0 bridgehead atoms. The number of hydrogen-bond donors (Lipinski definition) is 6. The van der Waals surface area contributed by atoms with E-state index >= 15 is 4.79 Å². The van der Waals surface area contributed by atoms with Crippen LogP contribution in [0.4, 0.5) is 16.4 Å². The number of nitrogen functional groups attached to an aromatic ring is 2. The molecule has 11 nitrogen and oxygen atoms in total. The molecule has 8 N–H and O–H groups in total. The number of aliphatic hydroxyl groups is 2. The van der Waals surface area contributed by atoms with Gasteiger partial charge in [0.25, 0.3) is 0 Å². The maximum Gasteiger partial charge on any atom is 0.321 e.